The van der Waals surface area contributed by atoms with Crippen LogP contribution in [0.4, 0.5) is 10.7 Å². The zero-order chi connectivity index (χ0) is 20.9. The first-order valence-electron chi connectivity index (χ1n) is 9.31. The molecule has 9 heteroatoms. The quantitative estimate of drug-likeness (QED) is 0.592. The Morgan fingerprint density at radius 1 is 1.29 bits per heavy atom. The molecule has 0 saturated heterocycles. The van der Waals surface area contributed by atoms with E-state index in [1.165, 1.54) is 0 Å². The Morgan fingerprint density at radius 2 is 2.00 bits per heavy atom. The fourth-order valence-corrected chi connectivity index (χ4v) is 2.71. The zero-order valence-corrected chi connectivity index (χ0v) is 16.9. The van der Waals surface area contributed by atoms with Gasteiger partial charge in [-0.2, -0.15) is 0 Å². The van der Waals surface area contributed by atoms with E-state index in [1.807, 2.05) is 11.5 Å². The maximum absolute atomic E-state index is 11.7. The molecule has 0 fully saturated rings. The van der Waals surface area contributed by atoms with Crippen LogP contribution in [0.5, 0.6) is 5.75 Å². The molecule has 1 aromatic carbocycles. The Hall–Kier alpha value is -2.97. The third kappa shape index (κ3) is 5.51. The van der Waals surface area contributed by atoms with E-state index >= 15 is 0 Å². The lowest BCUT2D eigenvalue weighted by molar-refractivity contribution is 0.0525. The Labute approximate surface area is 164 Å². The Kier molecular flexibility index (Phi) is 6.71. The normalized spacial score (nSPS) is 11.4. The van der Waals surface area contributed by atoms with Gasteiger partial charge in [0, 0.05) is 18.7 Å². The number of amides is 2. The summed E-state index contributed by atoms with van der Waals surface area (Å²) >= 11 is 0. The number of alkyl carbamates (subject to hydrolysis) is 1. The van der Waals surface area contributed by atoms with Crippen LogP contribution in [0.1, 0.15) is 50.9 Å². The lowest BCUT2D eigenvalue weighted by Gasteiger charge is -2.19. The van der Waals surface area contributed by atoms with Crippen LogP contribution in [-0.2, 0) is 11.3 Å². The maximum atomic E-state index is 11.7. The number of nitrogen functional groups attached to an aromatic ring is 1. The van der Waals surface area contributed by atoms with Crippen molar-refractivity contribution in [2.75, 3.05) is 18.9 Å². The van der Waals surface area contributed by atoms with Crippen LogP contribution >= 0.6 is 0 Å². The summed E-state index contributed by atoms with van der Waals surface area (Å²) in [5.74, 6) is 0.276. The number of hydrogen-bond donors (Lipinski definition) is 3. The van der Waals surface area contributed by atoms with Gasteiger partial charge in [-0.1, -0.05) is 6.92 Å². The lowest BCUT2D eigenvalue weighted by Crippen LogP contribution is -2.33. The maximum Gasteiger partial charge on any atom is 0.407 e. The number of hydrogen-bond acceptors (Lipinski definition) is 6. The molecule has 28 heavy (non-hydrogen) atoms. The Bertz CT molecular complexity index is 854. The summed E-state index contributed by atoms with van der Waals surface area (Å²) in [6.45, 7) is 8.84. The lowest BCUT2D eigenvalue weighted by atomic mass is 10.1. The largest absolute Gasteiger partial charge is 0.491 e. The van der Waals surface area contributed by atoms with Gasteiger partial charge in [0.25, 0.3) is 0 Å². The van der Waals surface area contributed by atoms with Crippen LogP contribution in [0, 0.1) is 0 Å². The minimum atomic E-state index is -0.568. The summed E-state index contributed by atoms with van der Waals surface area (Å²) in [5, 5.41) is 2.68. The van der Waals surface area contributed by atoms with Crippen molar-refractivity contribution in [2.24, 2.45) is 5.73 Å². The number of carbonyl (C=O) groups is 2. The molecule has 0 aliphatic rings. The number of carbonyl (C=O) groups excluding carboxylic acids is 2. The van der Waals surface area contributed by atoms with Gasteiger partial charge in [-0.15, -0.1) is 0 Å². The first kappa shape index (κ1) is 21.3. The zero-order valence-electron chi connectivity index (χ0n) is 16.9. The van der Waals surface area contributed by atoms with Gasteiger partial charge in [-0.3, -0.25) is 4.79 Å². The molecular weight excluding hydrogens is 362 g/mol. The molecule has 0 aliphatic heterocycles. The first-order valence-corrected chi connectivity index (χ1v) is 9.31. The first-order chi connectivity index (χ1) is 13.1. The van der Waals surface area contributed by atoms with Crippen LogP contribution in [0.2, 0.25) is 0 Å². The number of benzene rings is 1. The molecule has 0 saturated carbocycles. The smallest absolute Gasteiger partial charge is 0.407 e. The standard InChI is InChI=1S/C19H29N5O4/c1-5-8-24-15-13(23-17(24)21)10-12(16(20)25)11-14(15)27-9-6-7-22-18(26)28-19(2,3)4/h10-11H,5-9H2,1-4H3,(H2,20,25)(H2,21,23)(H,22,26). The van der Waals surface area contributed by atoms with Crippen LogP contribution in [0.15, 0.2) is 12.1 Å². The van der Waals surface area contributed by atoms with Gasteiger partial charge in [-0.25, -0.2) is 9.78 Å². The van der Waals surface area contributed by atoms with E-state index in [1.54, 1.807) is 32.9 Å². The second-order valence-corrected chi connectivity index (χ2v) is 7.46. The van der Waals surface area contributed by atoms with E-state index in [0.717, 1.165) is 11.9 Å². The molecule has 2 amide bonds. The van der Waals surface area contributed by atoms with Gasteiger partial charge in [0.2, 0.25) is 11.9 Å². The predicted molar refractivity (Wildman–Crippen MR) is 107 cm³/mol. The van der Waals surface area contributed by atoms with Crippen molar-refractivity contribution in [1.29, 1.82) is 0 Å². The summed E-state index contributed by atoms with van der Waals surface area (Å²) in [6.07, 6.45) is 0.949. The van der Waals surface area contributed by atoms with Crippen molar-refractivity contribution >= 4 is 29.0 Å². The summed E-state index contributed by atoms with van der Waals surface area (Å²) < 4.78 is 12.9. The molecule has 0 atom stereocenters. The molecule has 0 spiro atoms. The van der Waals surface area contributed by atoms with Crippen LogP contribution in [-0.4, -0.2) is 40.3 Å². The summed E-state index contributed by atoms with van der Waals surface area (Å²) in [7, 11) is 0. The molecule has 0 unspecified atom stereocenters. The molecular formula is C19H29N5O4. The van der Waals surface area contributed by atoms with Crippen molar-refractivity contribution in [1.82, 2.24) is 14.9 Å². The van der Waals surface area contributed by atoms with Crippen molar-refractivity contribution < 1.29 is 19.1 Å². The number of imidazole rings is 1. The van der Waals surface area contributed by atoms with Gasteiger partial charge in [0.05, 0.1) is 12.1 Å². The number of rotatable bonds is 8. The SMILES string of the molecule is CCCn1c(N)nc2cc(C(N)=O)cc(OCCCNC(=O)OC(C)(C)C)c21. The topological polar surface area (TPSA) is 134 Å². The van der Waals surface area contributed by atoms with E-state index in [0.29, 0.717) is 48.9 Å². The number of primary amides is 1. The van der Waals surface area contributed by atoms with Gasteiger partial charge in [0.1, 0.15) is 16.9 Å². The van der Waals surface area contributed by atoms with Crippen molar-refractivity contribution in [2.45, 2.75) is 52.7 Å². The van der Waals surface area contributed by atoms with Gasteiger partial charge in [-0.05, 0) is 45.7 Å². The van der Waals surface area contributed by atoms with Gasteiger partial charge < -0.3 is 30.8 Å². The second kappa shape index (κ2) is 8.81. The molecule has 0 bridgehead atoms. The minimum absolute atomic E-state index is 0.301. The molecule has 154 valence electrons. The molecule has 9 nitrogen and oxygen atoms in total. The van der Waals surface area contributed by atoms with Crippen molar-refractivity contribution in [3.05, 3.63) is 17.7 Å². The molecule has 2 rings (SSSR count). The second-order valence-electron chi connectivity index (χ2n) is 7.46. The van der Waals surface area contributed by atoms with Crippen LogP contribution in [0.3, 0.4) is 0 Å². The van der Waals surface area contributed by atoms with E-state index in [-0.39, 0.29) is 0 Å². The van der Waals surface area contributed by atoms with Gasteiger partial charge in [0.15, 0.2) is 0 Å². The van der Waals surface area contributed by atoms with Crippen molar-refractivity contribution in [3.63, 3.8) is 0 Å². The average molecular weight is 391 g/mol. The molecule has 2 aromatic rings. The molecule has 1 aromatic heterocycles. The highest BCUT2D eigenvalue weighted by molar-refractivity contribution is 5.98. The summed E-state index contributed by atoms with van der Waals surface area (Å²) in [4.78, 5) is 27.6. The highest BCUT2D eigenvalue weighted by Gasteiger charge is 2.17. The number of nitrogens with zero attached hydrogens (tertiary/aromatic N) is 2. The van der Waals surface area contributed by atoms with Crippen molar-refractivity contribution in [3.8, 4) is 5.75 Å². The fraction of sp³-hybridized carbons (Fsp3) is 0.526. The molecule has 0 aliphatic carbocycles. The Balaban J connectivity index is 2.08. The molecule has 5 N–H and O–H groups in total. The minimum Gasteiger partial charge on any atom is -0.491 e. The third-order valence-electron chi connectivity index (χ3n) is 3.81. The molecule has 1 heterocycles. The van der Waals surface area contributed by atoms with E-state index in [2.05, 4.69) is 10.3 Å². The number of anilines is 1. The number of ether oxygens (including phenoxy) is 2. The van der Waals surface area contributed by atoms with E-state index in [9.17, 15) is 9.59 Å². The number of fused-ring (bicyclic) bond motifs is 1. The predicted octanol–water partition coefficient (Wildman–Crippen LogP) is 2.42. The number of aryl methyl sites for hydroxylation is 1. The highest BCUT2D eigenvalue weighted by atomic mass is 16.6. The number of nitrogens with one attached hydrogen (secondary N) is 1. The average Bonchev–Trinajstić information content (AvgIpc) is 2.88. The van der Waals surface area contributed by atoms with Crippen LogP contribution in [0.25, 0.3) is 11.0 Å². The fourth-order valence-electron chi connectivity index (χ4n) is 2.71. The summed E-state index contributed by atoms with van der Waals surface area (Å²) in [5.41, 5.74) is 12.5. The van der Waals surface area contributed by atoms with Gasteiger partial charge >= 0.3 is 6.09 Å². The van der Waals surface area contributed by atoms with Crippen LogP contribution < -0.4 is 21.5 Å². The number of nitrogens with two attached hydrogens (primary N) is 2. The Morgan fingerprint density at radius 3 is 2.61 bits per heavy atom. The van der Waals surface area contributed by atoms with E-state index in [4.69, 9.17) is 20.9 Å². The molecule has 0 radical (unpaired) electrons. The van der Waals surface area contributed by atoms with E-state index < -0.39 is 17.6 Å². The monoisotopic (exact) mass is 391 g/mol. The number of aromatic nitrogens is 2. The third-order valence-corrected chi connectivity index (χ3v) is 3.81. The highest BCUT2D eigenvalue weighted by Crippen LogP contribution is 2.30. The summed E-state index contributed by atoms with van der Waals surface area (Å²) in [6, 6.07) is 3.20.